The molecule has 5 rings (SSSR count). The topological polar surface area (TPSA) is 40.6 Å². The lowest BCUT2D eigenvalue weighted by Gasteiger charge is -2.33. The van der Waals surface area contributed by atoms with Gasteiger partial charge in [-0.25, -0.2) is 0 Å². The van der Waals surface area contributed by atoms with Gasteiger partial charge < -0.3 is 4.90 Å². The highest BCUT2D eigenvalue weighted by Crippen LogP contribution is 2.45. The number of halogens is 3. The number of anilines is 2. The van der Waals surface area contributed by atoms with Crippen LogP contribution in [0.1, 0.15) is 54.1 Å². The number of carbonyl (C=O) groups excluding carboxylic acids is 2. The van der Waals surface area contributed by atoms with Crippen molar-refractivity contribution in [3.05, 3.63) is 82.0 Å². The molecular formula is C27H25F3N2O2S. The van der Waals surface area contributed by atoms with Crippen LogP contribution < -0.4 is 9.80 Å². The minimum Gasteiger partial charge on any atom is -0.307 e. The molecule has 0 N–H and O–H groups in total. The minimum absolute atomic E-state index is 0.00326. The Morgan fingerprint density at radius 1 is 1.00 bits per heavy atom. The molecule has 182 valence electrons. The number of hydrogen-bond acceptors (Lipinski definition) is 3. The Hall–Kier alpha value is -3.13. The molecular weight excluding hydrogens is 473 g/mol. The third-order valence-corrected chi connectivity index (χ3v) is 7.66. The van der Waals surface area contributed by atoms with E-state index >= 15 is 0 Å². The molecule has 1 fully saturated rings. The van der Waals surface area contributed by atoms with Crippen molar-refractivity contribution in [2.24, 2.45) is 0 Å². The maximum Gasteiger partial charge on any atom is 0.416 e. The van der Waals surface area contributed by atoms with Gasteiger partial charge in [0.05, 0.1) is 12.0 Å². The zero-order valence-corrected chi connectivity index (χ0v) is 19.8. The van der Waals surface area contributed by atoms with Gasteiger partial charge in [-0.05, 0) is 48.6 Å². The van der Waals surface area contributed by atoms with Crippen LogP contribution in [0.2, 0.25) is 0 Å². The molecule has 1 aliphatic carbocycles. The monoisotopic (exact) mass is 498 g/mol. The van der Waals surface area contributed by atoms with Gasteiger partial charge in [-0.2, -0.15) is 13.2 Å². The maximum atomic E-state index is 14.0. The Labute approximate surface area is 206 Å². The average molecular weight is 499 g/mol. The van der Waals surface area contributed by atoms with Gasteiger partial charge in [0.1, 0.15) is 6.04 Å². The van der Waals surface area contributed by atoms with E-state index in [-0.39, 0.29) is 24.1 Å². The second-order valence-corrected chi connectivity index (χ2v) is 10.1. The zero-order valence-electron chi connectivity index (χ0n) is 19.0. The molecule has 1 atom stereocenters. The van der Waals surface area contributed by atoms with Gasteiger partial charge in [0.15, 0.2) is 0 Å². The van der Waals surface area contributed by atoms with Gasteiger partial charge in [0.2, 0.25) is 5.91 Å². The number of para-hydroxylation sites is 1. The molecule has 2 heterocycles. The number of fused-ring (bicyclic) bond motifs is 1. The SMILES string of the molecule is O=C1C(N(C(=O)Cc2cccs2)c2cccc(C(F)(F)F)c2)c2ccccc2N1C1CCCCC1. The molecule has 2 aliphatic rings. The highest BCUT2D eigenvalue weighted by atomic mass is 32.1. The van der Waals surface area contributed by atoms with Gasteiger partial charge in [0.25, 0.3) is 5.91 Å². The molecule has 0 saturated heterocycles. The maximum absolute atomic E-state index is 14.0. The van der Waals surface area contributed by atoms with E-state index in [1.165, 1.54) is 28.4 Å². The fourth-order valence-corrected chi connectivity index (χ4v) is 5.90. The van der Waals surface area contributed by atoms with Crippen LogP contribution in [0.15, 0.2) is 66.0 Å². The Kier molecular flexibility index (Phi) is 6.40. The average Bonchev–Trinajstić information content (AvgIpc) is 3.46. The van der Waals surface area contributed by atoms with E-state index in [9.17, 15) is 22.8 Å². The normalized spacial score (nSPS) is 18.5. The Morgan fingerprint density at radius 2 is 1.77 bits per heavy atom. The molecule has 1 unspecified atom stereocenters. The number of nitrogens with zero attached hydrogens (tertiary/aromatic N) is 2. The molecule has 0 bridgehead atoms. The number of alkyl halides is 3. The van der Waals surface area contributed by atoms with Crippen LogP contribution in [0, 0.1) is 0 Å². The van der Waals surface area contributed by atoms with Crippen molar-refractivity contribution in [1.29, 1.82) is 0 Å². The summed E-state index contributed by atoms with van der Waals surface area (Å²) in [5, 5.41) is 1.85. The van der Waals surface area contributed by atoms with Gasteiger partial charge in [-0.15, -0.1) is 11.3 Å². The highest BCUT2D eigenvalue weighted by molar-refractivity contribution is 7.10. The number of thiophene rings is 1. The van der Waals surface area contributed by atoms with Crippen LogP contribution >= 0.6 is 11.3 Å². The summed E-state index contributed by atoms with van der Waals surface area (Å²) in [5.41, 5.74) is 0.613. The van der Waals surface area contributed by atoms with Crippen LogP contribution in [0.25, 0.3) is 0 Å². The first-order valence-electron chi connectivity index (χ1n) is 11.8. The van der Waals surface area contributed by atoms with Crippen molar-refractivity contribution < 1.29 is 22.8 Å². The molecule has 1 aliphatic heterocycles. The summed E-state index contributed by atoms with van der Waals surface area (Å²) in [4.78, 5) is 31.5. The van der Waals surface area contributed by atoms with Crippen molar-refractivity contribution in [1.82, 2.24) is 0 Å². The van der Waals surface area contributed by atoms with Gasteiger partial charge >= 0.3 is 6.18 Å². The van der Waals surface area contributed by atoms with Crippen LogP contribution in [0.5, 0.6) is 0 Å². The van der Waals surface area contributed by atoms with Gasteiger partial charge in [0, 0.05) is 27.9 Å². The van der Waals surface area contributed by atoms with E-state index in [4.69, 9.17) is 0 Å². The standard InChI is InChI=1S/C27H25F3N2O2S/c28-27(29,30)18-8-6-11-20(16-18)32(24(33)17-21-12-7-15-35-21)25-22-13-4-5-14-23(22)31(26(25)34)19-9-2-1-3-10-19/h4-8,11-16,19,25H,1-3,9-10,17H2. The van der Waals surface area contributed by atoms with Crippen LogP contribution in [-0.2, 0) is 22.2 Å². The molecule has 8 heteroatoms. The fourth-order valence-electron chi connectivity index (χ4n) is 5.20. The largest absolute Gasteiger partial charge is 0.416 e. The summed E-state index contributed by atoms with van der Waals surface area (Å²) in [5.74, 6) is -0.666. The first-order valence-corrected chi connectivity index (χ1v) is 12.7. The highest BCUT2D eigenvalue weighted by Gasteiger charge is 2.46. The summed E-state index contributed by atoms with van der Waals surface area (Å²) in [6.07, 6.45) is 0.359. The van der Waals surface area contributed by atoms with Crippen LogP contribution in [-0.4, -0.2) is 17.9 Å². The lowest BCUT2D eigenvalue weighted by atomic mass is 9.94. The number of hydrogen-bond donors (Lipinski definition) is 0. The van der Waals surface area contributed by atoms with E-state index in [0.717, 1.165) is 54.8 Å². The van der Waals surface area contributed by atoms with Gasteiger partial charge in [-0.1, -0.05) is 49.6 Å². The lowest BCUT2D eigenvalue weighted by molar-refractivity contribution is -0.137. The summed E-state index contributed by atoms with van der Waals surface area (Å²) < 4.78 is 40.7. The number of amides is 2. The summed E-state index contributed by atoms with van der Waals surface area (Å²) >= 11 is 1.40. The van der Waals surface area contributed by atoms with E-state index in [1.807, 2.05) is 29.6 Å². The smallest absolute Gasteiger partial charge is 0.307 e. The van der Waals surface area contributed by atoms with Crippen molar-refractivity contribution in [3.63, 3.8) is 0 Å². The number of rotatable bonds is 5. The molecule has 2 aromatic carbocycles. The Balaban J connectivity index is 1.60. The molecule has 4 nitrogen and oxygen atoms in total. The second kappa shape index (κ2) is 9.49. The third kappa shape index (κ3) is 4.59. The Morgan fingerprint density at radius 3 is 2.49 bits per heavy atom. The van der Waals surface area contributed by atoms with Crippen molar-refractivity contribution in [2.45, 2.75) is 56.8 Å². The third-order valence-electron chi connectivity index (χ3n) is 6.79. The Bertz CT molecular complexity index is 1220. The first-order chi connectivity index (χ1) is 16.8. The number of benzene rings is 2. The predicted molar refractivity (Wildman–Crippen MR) is 130 cm³/mol. The molecule has 2 amide bonds. The van der Waals surface area contributed by atoms with E-state index in [2.05, 4.69) is 0 Å². The molecule has 35 heavy (non-hydrogen) atoms. The molecule has 1 saturated carbocycles. The predicted octanol–water partition coefficient (Wildman–Crippen LogP) is 6.76. The second-order valence-electron chi connectivity index (χ2n) is 9.03. The molecule has 0 radical (unpaired) electrons. The quantitative estimate of drug-likeness (QED) is 0.390. The zero-order chi connectivity index (χ0) is 24.6. The van der Waals surface area contributed by atoms with Crippen molar-refractivity contribution >= 4 is 34.5 Å². The summed E-state index contributed by atoms with van der Waals surface area (Å²) in [6.45, 7) is 0. The molecule has 3 aromatic rings. The minimum atomic E-state index is -4.57. The summed E-state index contributed by atoms with van der Waals surface area (Å²) in [7, 11) is 0. The van der Waals surface area contributed by atoms with Crippen molar-refractivity contribution in [3.8, 4) is 0 Å². The van der Waals surface area contributed by atoms with E-state index in [0.29, 0.717) is 5.56 Å². The molecule has 0 spiro atoms. The fraction of sp³-hybridized carbons (Fsp3) is 0.333. The lowest BCUT2D eigenvalue weighted by Crippen LogP contribution is -2.45. The van der Waals surface area contributed by atoms with Crippen LogP contribution in [0.3, 0.4) is 0 Å². The van der Waals surface area contributed by atoms with E-state index < -0.39 is 23.7 Å². The number of carbonyl (C=O) groups is 2. The first kappa shape index (κ1) is 23.6. The summed E-state index contributed by atoms with van der Waals surface area (Å²) in [6, 6.07) is 14.7. The van der Waals surface area contributed by atoms with Crippen molar-refractivity contribution in [2.75, 3.05) is 9.80 Å². The molecule has 1 aromatic heterocycles. The van der Waals surface area contributed by atoms with Gasteiger partial charge in [-0.3, -0.25) is 14.5 Å². The van der Waals surface area contributed by atoms with E-state index in [1.54, 1.807) is 17.0 Å². The van der Waals surface area contributed by atoms with Crippen LogP contribution in [0.4, 0.5) is 24.5 Å².